The lowest BCUT2D eigenvalue weighted by Gasteiger charge is -2.26. The molecule has 0 aliphatic heterocycles. The molecule has 0 saturated heterocycles. The van der Waals surface area contributed by atoms with Crippen molar-refractivity contribution in [3.8, 4) is 0 Å². The predicted molar refractivity (Wildman–Crippen MR) is 89.8 cm³/mol. The number of hydrogen-bond donors (Lipinski definition) is 2. The fourth-order valence-electron chi connectivity index (χ4n) is 2.13. The maximum atomic E-state index is 12.4. The van der Waals surface area contributed by atoms with E-state index in [1.54, 1.807) is 4.90 Å². The number of aliphatic hydroxyl groups excluding tert-OH is 1. The van der Waals surface area contributed by atoms with Gasteiger partial charge in [0.05, 0.1) is 11.5 Å². The van der Waals surface area contributed by atoms with Crippen LogP contribution in [0.25, 0.3) is 0 Å². The molecule has 1 amide bonds. The van der Waals surface area contributed by atoms with Gasteiger partial charge in [-0.3, -0.25) is 4.79 Å². The van der Waals surface area contributed by atoms with Crippen LogP contribution in [0, 0.1) is 0 Å². The molecule has 6 nitrogen and oxygen atoms in total. The Balaban J connectivity index is 2.92. The molecule has 8 heteroatoms. The Bertz CT molecular complexity index is 598. The molecule has 0 aliphatic carbocycles. The van der Waals surface area contributed by atoms with Crippen molar-refractivity contribution in [1.29, 1.82) is 0 Å². The lowest BCUT2D eigenvalue weighted by Crippen LogP contribution is -2.50. The minimum absolute atomic E-state index is 0.00863. The normalized spacial score (nSPS) is 12.9. The Morgan fingerprint density at radius 3 is 2.17 bits per heavy atom. The molecule has 1 aromatic carbocycles. The van der Waals surface area contributed by atoms with Crippen molar-refractivity contribution in [2.24, 2.45) is 0 Å². The van der Waals surface area contributed by atoms with Crippen LogP contribution in [0.5, 0.6) is 0 Å². The molecule has 0 unspecified atom stereocenters. The number of benzene rings is 1. The van der Waals surface area contributed by atoms with E-state index < -0.39 is 28.6 Å². The van der Waals surface area contributed by atoms with Crippen molar-refractivity contribution in [2.75, 3.05) is 19.7 Å². The smallest absolute Gasteiger partial charge is 0.243 e. The topological polar surface area (TPSA) is 86.7 Å². The minimum Gasteiger partial charge on any atom is -0.394 e. The molecule has 0 saturated carbocycles. The van der Waals surface area contributed by atoms with Crippen molar-refractivity contribution in [1.82, 2.24) is 9.62 Å². The maximum absolute atomic E-state index is 12.4. The van der Waals surface area contributed by atoms with Gasteiger partial charge in [-0.2, -0.15) is 4.72 Å². The highest BCUT2D eigenvalue weighted by Gasteiger charge is 2.28. The monoisotopic (exact) mass is 362 g/mol. The number of nitrogens with one attached hydrogen (secondary N) is 1. The molecular weight excluding hydrogens is 340 g/mol. The minimum atomic E-state index is -3.91. The van der Waals surface area contributed by atoms with E-state index in [4.69, 9.17) is 11.6 Å². The lowest BCUT2D eigenvalue weighted by molar-refractivity contribution is -0.134. The average molecular weight is 363 g/mol. The van der Waals surface area contributed by atoms with Gasteiger partial charge in [0, 0.05) is 18.1 Å². The molecule has 0 heterocycles. The molecule has 0 spiro atoms. The van der Waals surface area contributed by atoms with E-state index in [2.05, 4.69) is 4.72 Å². The molecule has 1 rings (SSSR count). The number of nitrogens with zero attached hydrogens (tertiary/aromatic N) is 1. The first-order valence-corrected chi connectivity index (χ1v) is 9.39. The number of amides is 1. The van der Waals surface area contributed by atoms with E-state index >= 15 is 0 Å². The van der Waals surface area contributed by atoms with Crippen molar-refractivity contribution in [3.63, 3.8) is 0 Å². The highest BCUT2D eigenvalue weighted by molar-refractivity contribution is 7.89. The van der Waals surface area contributed by atoms with E-state index in [0.29, 0.717) is 18.1 Å². The summed E-state index contributed by atoms with van der Waals surface area (Å²) >= 11 is 5.74. The number of sulfonamides is 1. The second-order valence-electron chi connectivity index (χ2n) is 5.14. The predicted octanol–water partition coefficient (Wildman–Crippen LogP) is 1.63. The van der Waals surface area contributed by atoms with Crippen LogP contribution in [0.3, 0.4) is 0 Å². The lowest BCUT2D eigenvalue weighted by atomic mass is 10.2. The number of aliphatic hydroxyl groups is 1. The molecule has 0 bridgehead atoms. The van der Waals surface area contributed by atoms with Gasteiger partial charge >= 0.3 is 0 Å². The summed E-state index contributed by atoms with van der Waals surface area (Å²) < 4.78 is 26.9. The van der Waals surface area contributed by atoms with Crippen LogP contribution in [-0.2, 0) is 14.8 Å². The fraction of sp³-hybridized carbons (Fsp3) is 0.533. The first-order valence-electron chi connectivity index (χ1n) is 7.53. The van der Waals surface area contributed by atoms with Crippen LogP contribution in [0.15, 0.2) is 29.2 Å². The largest absolute Gasteiger partial charge is 0.394 e. The zero-order chi connectivity index (χ0) is 17.5. The fourth-order valence-corrected chi connectivity index (χ4v) is 3.43. The summed E-state index contributed by atoms with van der Waals surface area (Å²) in [6.45, 7) is 4.30. The second-order valence-corrected chi connectivity index (χ2v) is 7.29. The summed E-state index contributed by atoms with van der Waals surface area (Å²) in [5.41, 5.74) is 0. The molecule has 23 heavy (non-hydrogen) atoms. The third-order valence-corrected chi connectivity index (χ3v) is 4.94. The molecule has 0 fully saturated rings. The van der Waals surface area contributed by atoms with Gasteiger partial charge in [0.15, 0.2) is 0 Å². The third kappa shape index (κ3) is 5.76. The highest BCUT2D eigenvalue weighted by Crippen LogP contribution is 2.14. The van der Waals surface area contributed by atoms with Crippen LogP contribution >= 0.6 is 11.6 Å². The standard InChI is InChI=1S/C15H23ClN2O4S/c1-3-9-18(10-4-2)15(20)14(11-19)17-23(21,22)13-7-5-12(16)6-8-13/h5-8,14,17,19H,3-4,9-11H2,1-2H3/t14-/m0/s1. The second kappa shape index (κ2) is 9.22. The van der Waals surface area contributed by atoms with Gasteiger partial charge in [-0.1, -0.05) is 25.4 Å². The van der Waals surface area contributed by atoms with Gasteiger partial charge in [0.2, 0.25) is 15.9 Å². The number of hydrogen-bond acceptors (Lipinski definition) is 4. The Kier molecular flexibility index (Phi) is 7.98. The van der Waals surface area contributed by atoms with Crippen molar-refractivity contribution in [3.05, 3.63) is 29.3 Å². The summed E-state index contributed by atoms with van der Waals surface area (Å²) in [5, 5.41) is 9.85. The van der Waals surface area contributed by atoms with Crippen molar-refractivity contribution < 1.29 is 18.3 Å². The van der Waals surface area contributed by atoms with E-state index in [0.717, 1.165) is 12.8 Å². The van der Waals surface area contributed by atoms with E-state index in [9.17, 15) is 18.3 Å². The summed E-state index contributed by atoms with van der Waals surface area (Å²) in [6, 6.07) is 4.39. The Hall–Kier alpha value is -1.15. The van der Waals surface area contributed by atoms with Gasteiger partial charge in [-0.05, 0) is 37.1 Å². The van der Waals surface area contributed by atoms with E-state index in [-0.39, 0.29) is 4.90 Å². The van der Waals surface area contributed by atoms with E-state index in [1.165, 1.54) is 24.3 Å². The van der Waals surface area contributed by atoms with Gasteiger partial charge in [0.1, 0.15) is 6.04 Å². The number of carbonyl (C=O) groups is 1. The zero-order valence-corrected chi connectivity index (χ0v) is 14.9. The first kappa shape index (κ1) is 19.9. The third-order valence-electron chi connectivity index (χ3n) is 3.20. The highest BCUT2D eigenvalue weighted by atomic mass is 35.5. The maximum Gasteiger partial charge on any atom is 0.243 e. The number of halogens is 1. The summed E-state index contributed by atoms with van der Waals surface area (Å²) in [4.78, 5) is 14.0. The van der Waals surface area contributed by atoms with Gasteiger partial charge < -0.3 is 10.0 Å². The average Bonchev–Trinajstić information content (AvgIpc) is 2.52. The molecular formula is C15H23ClN2O4S. The van der Waals surface area contributed by atoms with Crippen LogP contribution in [0.1, 0.15) is 26.7 Å². The van der Waals surface area contributed by atoms with Crippen molar-refractivity contribution >= 4 is 27.5 Å². The number of rotatable bonds is 9. The first-order chi connectivity index (χ1) is 10.9. The Morgan fingerprint density at radius 1 is 1.22 bits per heavy atom. The number of carbonyl (C=O) groups excluding carboxylic acids is 1. The quantitative estimate of drug-likeness (QED) is 0.699. The summed E-state index contributed by atoms with van der Waals surface area (Å²) in [6.07, 6.45) is 1.52. The van der Waals surface area contributed by atoms with Crippen LogP contribution < -0.4 is 4.72 Å². The Labute approximate surface area is 142 Å². The SMILES string of the molecule is CCCN(CCC)C(=O)[C@H](CO)NS(=O)(=O)c1ccc(Cl)cc1. The molecule has 0 aromatic heterocycles. The van der Waals surface area contributed by atoms with Gasteiger partial charge in [-0.15, -0.1) is 0 Å². The van der Waals surface area contributed by atoms with Gasteiger partial charge in [0.25, 0.3) is 0 Å². The van der Waals surface area contributed by atoms with E-state index in [1.807, 2.05) is 13.8 Å². The van der Waals surface area contributed by atoms with Crippen LogP contribution in [0.4, 0.5) is 0 Å². The molecule has 1 atom stereocenters. The summed E-state index contributed by atoms with van der Waals surface area (Å²) in [5.74, 6) is -0.422. The van der Waals surface area contributed by atoms with Crippen molar-refractivity contribution in [2.45, 2.75) is 37.6 Å². The van der Waals surface area contributed by atoms with Crippen LogP contribution in [-0.4, -0.2) is 50.1 Å². The molecule has 130 valence electrons. The zero-order valence-electron chi connectivity index (χ0n) is 13.3. The van der Waals surface area contributed by atoms with Crippen LogP contribution in [0.2, 0.25) is 5.02 Å². The Morgan fingerprint density at radius 2 is 1.74 bits per heavy atom. The molecule has 0 aliphatic rings. The molecule has 2 N–H and O–H groups in total. The van der Waals surface area contributed by atoms with Gasteiger partial charge in [-0.25, -0.2) is 8.42 Å². The molecule has 1 aromatic rings. The molecule has 0 radical (unpaired) electrons. The summed E-state index contributed by atoms with van der Waals surface area (Å²) in [7, 11) is -3.91.